The molecular formula is C17H25N3. The van der Waals surface area contributed by atoms with Gasteiger partial charge in [-0.15, -0.1) is 0 Å². The largest absolute Gasteiger partial charge is 0.364 e. The van der Waals surface area contributed by atoms with Crippen LogP contribution in [0.3, 0.4) is 0 Å². The highest BCUT2D eigenvalue weighted by Gasteiger charge is 2.49. The summed E-state index contributed by atoms with van der Waals surface area (Å²) in [5.74, 6) is 0.757. The molecule has 1 aromatic rings. The average Bonchev–Trinajstić information content (AvgIpc) is 2.92. The van der Waals surface area contributed by atoms with Gasteiger partial charge in [-0.05, 0) is 49.8 Å². The molecule has 0 aliphatic carbocycles. The van der Waals surface area contributed by atoms with Gasteiger partial charge >= 0.3 is 0 Å². The summed E-state index contributed by atoms with van der Waals surface area (Å²) in [6, 6.07) is 8.98. The molecule has 4 rings (SSSR count). The molecule has 0 amide bonds. The fourth-order valence-electron chi connectivity index (χ4n) is 4.76. The molecule has 0 saturated carbocycles. The van der Waals surface area contributed by atoms with Gasteiger partial charge in [-0.2, -0.15) is 0 Å². The number of nitrogens with zero attached hydrogens (tertiary/aromatic N) is 2. The van der Waals surface area contributed by atoms with Crippen molar-refractivity contribution in [3.63, 3.8) is 0 Å². The first-order valence-corrected chi connectivity index (χ1v) is 8.11. The lowest BCUT2D eigenvalue weighted by molar-refractivity contribution is 0.161. The topological polar surface area (TPSA) is 32.5 Å². The van der Waals surface area contributed by atoms with Crippen molar-refractivity contribution in [1.29, 1.82) is 0 Å². The molecule has 3 unspecified atom stereocenters. The van der Waals surface area contributed by atoms with E-state index in [1.807, 2.05) is 0 Å². The molecule has 2 N–H and O–H groups in total. The third kappa shape index (κ3) is 1.73. The quantitative estimate of drug-likeness (QED) is 0.891. The van der Waals surface area contributed by atoms with Crippen LogP contribution < -0.4 is 10.6 Å². The summed E-state index contributed by atoms with van der Waals surface area (Å²) in [4.78, 5) is 5.31. The minimum atomic E-state index is 0.212. The van der Waals surface area contributed by atoms with Crippen molar-refractivity contribution in [1.82, 2.24) is 4.90 Å². The van der Waals surface area contributed by atoms with Gasteiger partial charge in [-0.3, -0.25) is 0 Å². The van der Waals surface area contributed by atoms with E-state index in [0.717, 1.165) is 12.5 Å². The molecule has 1 aromatic carbocycles. The predicted molar refractivity (Wildman–Crippen MR) is 83.1 cm³/mol. The van der Waals surface area contributed by atoms with Crippen molar-refractivity contribution in [2.45, 2.75) is 31.2 Å². The highest BCUT2D eigenvalue weighted by atomic mass is 15.3. The Bertz CT molecular complexity index is 501. The van der Waals surface area contributed by atoms with Gasteiger partial charge in [0.05, 0.1) is 5.54 Å². The van der Waals surface area contributed by atoms with Crippen LogP contribution in [0.15, 0.2) is 24.3 Å². The summed E-state index contributed by atoms with van der Waals surface area (Å²) in [7, 11) is 0. The molecule has 3 nitrogen and oxygen atoms in total. The Kier molecular flexibility index (Phi) is 3.00. The number of rotatable bonds is 2. The maximum atomic E-state index is 6.35. The number of para-hydroxylation sites is 1. The van der Waals surface area contributed by atoms with E-state index < -0.39 is 0 Å². The molecule has 3 aliphatic heterocycles. The molecule has 2 saturated heterocycles. The fourth-order valence-corrected chi connectivity index (χ4v) is 4.76. The van der Waals surface area contributed by atoms with Crippen molar-refractivity contribution in [3.8, 4) is 0 Å². The number of anilines is 1. The lowest BCUT2D eigenvalue weighted by Crippen LogP contribution is -2.63. The van der Waals surface area contributed by atoms with E-state index in [0.29, 0.717) is 0 Å². The molecule has 3 atom stereocenters. The number of fused-ring (bicyclic) bond motifs is 3. The van der Waals surface area contributed by atoms with Crippen LogP contribution >= 0.6 is 0 Å². The molecule has 20 heavy (non-hydrogen) atoms. The summed E-state index contributed by atoms with van der Waals surface area (Å²) in [6.07, 6.45) is 5.07. The highest BCUT2D eigenvalue weighted by molar-refractivity contribution is 5.58. The number of hydrogen-bond acceptors (Lipinski definition) is 3. The fraction of sp³-hybridized carbons (Fsp3) is 0.647. The van der Waals surface area contributed by atoms with Crippen LogP contribution in [-0.2, 0) is 6.42 Å². The van der Waals surface area contributed by atoms with Crippen LogP contribution in [0.25, 0.3) is 0 Å². The number of piperidine rings is 1. The maximum absolute atomic E-state index is 6.35. The molecule has 0 aromatic heterocycles. The third-order valence-electron chi connectivity index (χ3n) is 5.89. The molecule has 2 fully saturated rings. The van der Waals surface area contributed by atoms with Gasteiger partial charge < -0.3 is 15.5 Å². The zero-order valence-electron chi connectivity index (χ0n) is 12.2. The van der Waals surface area contributed by atoms with E-state index in [9.17, 15) is 0 Å². The van der Waals surface area contributed by atoms with E-state index in [-0.39, 0.29) is 5.54 Å². The summed E-state index contributed by atoms with van der Waals surface area (Å²) >= 11 is 0. The third-order valence-corrected chi connectivity index (χ3v) is 5.89. The molecule has 3 aliphatic rings. The minimum absolute atomic E-state index is 0.212. The second-order valence-corrected chi connectivity index (χ2v) is 6.73. The van der Waals surface area contributed by atoms with E-state index in [4.69, 9.17) is 5.73 Å². The molecule has 108 valence electrons. The second kappa shape index (κ2) is 4.74. The monoisotopic (exact) mass is 271 g/mol. The molecule has 3 heteroatoms. The number of aryl methyl sites for hydroxylation is 1. The Morgan fingerprint density at radius 1 is 1.20 bits per heavy atom. The molecule has 3 heterocycles. The Morgan fingerprint density at radius 2 is 2.10 bits per heavy atom. The van der Waals surface area contributed by atoms with Crippen molar-refractivity contribution >= 4 is 5.69 Å². The molecule has 0 radical (unpaired) electrons. The van der Waals surface area contributed by atoms with Crippen molar-refractivity contribution < 1.29 is 0 Å². The highest BCUT2D eigenvalue weighted by Crippen LogP contribution is 2.43. The van der Waals surface area contributed by atoms with Crippen LogP contribution in [0.5, 0.6) is 0 Å². The first-order valence-electron chi connectivity index (χ1n) is 8.11. The maximum Gasteiger partial charge on any atom is 0.0577 e. The zero-order chi connectivity index (χ0) is 13.6. The molecular weight excluding hydrogens is 246 g/mol. The van der Waals surface area contributed by atoms with Crippen molar-refractivity contribution in [3.05, 3.63) is 29.8 Å². The zero-order valence-corrected chi connectivity index (χ0v) is 12.2. The average molecular weight is 271 g/mol. The number of nitrogens with two attached hydrogens (primary N) is 1. The van der Waals surface area contributed by atoms with Crippen LogP contribution in [0.2, 0.25) is 0 Å². The SMILES string of the molecule is NCC1(N2CCCc3ccccc32)CCN2CCC1C2. The van der Waals surface area contributed by atoms with E-state index in [1.165, 1.54) is 63.1 Å². The lowest BCUT2D eigenvalue weighted by Gasteiger charge is -2.53. The van der Waals surface area contributed by atoms with Crippen molar-refractivity contribution in [2.75, 3.05) is 37.6 Å². The Labute approximate surface area is 121 Å². The van der Waals surface area contributed by atoms with Gasteiger partial charge in [0.25, 0.3) is 0 Å². The van der Waals surface area contributed by atoms with E-state index in [2.05, 4.69) is 34.1 Å². The van der Waals surface area contributed by atoms with Crippen LogP contribution in [0.1, 0.15) is 24.8 Å². The number of benzene rings is 1. The van der Waals surface area contributed by atoms with E-state index >= 15 is 0 Å². The lowest BCUT2D eigenvalue weighted by atomic mass is 9.76. The Morgan fingerprint density at radius 3 is 3.00 bits per heavy atom. The second-order valence-electron chi connectivity index (χ2n) is 6.73. The summed E-state index contributed by atoms with van der Waals surface area (Å²) in [5, 5.41) is 0. The van der Waals surface area contributed by atoms with Gasteiger partial charge in [0.15, 0.2) is 0 Å². The summed E-state index contributed by atoms with van der Waals surface area (Å²) in [6.45, 7) is 5.76. The van der Waals surface area contributed by atoms with Crippen LogP contribution in [-0.4, -0.2) is 43.2 Å². The summed E-state index contributed by atoms with van der Waals surface area (Å²) in [5.41, 5.74) is 9.55. The van der Waals surface area contributed by atoms with Gasteiger partial charge in [-0.1, -0.05) is 18.2 Å². The Balaban J connectivity index is 1.75. The van der Waals surface area contributed by atoms with Crippen LogP contribution in [0, 0.1) is 5.92 Å². The Hall–Kier alpha value is -1.06. The van der Waals surface area contributed by atoms with Gasteiger partial charge in [0.1, 0.15) is 0 Å². The normalized spacial score (nSPS) is 36.0. The first-order chi connectivity index (χ1) is 9.83. The van der Waals surface area contributed by atoms with E-state index in [1.54, 1.807) is 0 Å². The standard InChI is InChI=1S/C17H25N3/c18-13-17(8-11-19-10-7-15(17)12-19)20-9-3-5-14-4-1-2-6-16(14)20/h1-2,4,6,15H,3,5,7-13,18H2. The summed E-state index contributed by atoms with van der Waals surface area (Å²) < 4.78 is 0. The first kappa shape index (κ1) is 12.7. The molecule has 2 bridgehead atoms. The van der Waals surface area contributed by atoms with Gasteiger partial charge in [-0.25, -0.2) is 0 Å². The predicted octanol–water partition coefficient (Wildman–Crippen LogP) is 1.86. The smallest absolute Gasteiger partial charge is 0.0577 e. The minimum Gasteiger partial charge on any atom is -0.364 e. The van der Waals surface area contributed by atoms with Gasteiger partial charge in [0.2, 0.25) is 0 Å². The van der Waals surface area contributed by atoms with Crippen molar-refractivity contribution in [2.24, 2.45) is 11.7 Å². The number of hydrogen-bond donors (Lipinski definition) is 1. The molecule has 0 spiro atoms. The van der Waals surface area contributed by atoms with Crippen LogP contribution in [0.4, 0.5) is 5.69 Å². The van der Waals surface area contributed by atoms with Gasteiger partial charge in [0, 0.05) is 31.9 Å².